The van der Waals surface area contributed by atoms with Gasteiger partial charge in [-0.25, -0.2) is 13.8 Å². The number of aliphatic imine (C=N–C) groups is 2. The Morgan fingerprint density at radius 3 is 2.94 bits per heavy atom. The summed E-state index contributed by atoms with van der Waals surface area (Å²) in [4.78, 5) is 7.46. The molecular formula is C10H12BrF2N3O. The van der Waals surface area contributed by atoms with Gasteiger partial charge >= 0.3 is 6.02 Å². The number of allylic oxidation sites excluding steroid dienone is 4. The zero-order chi connectivity index (χ0) is 12.7. The molecule has 1 rings (SSSR count). The van der Waals surface area contributed by atoms with Gasteiger partial charge in [-0.3, -0.25) is 0 Å². The highest BCUT2D eigenvalue weighted by molar-refractivity contribution is 9.18. The van der Waals surface area contributed by atoms with Crippen LogP contribution < -0.4 is 5.73 Å². The average molecular weight is 308 g/mol. The number of ether oxygens (including phenoxy) is 1. The minimum atomic E-state index is -0.627. The molecule has 2 N–H and O–H groups in total. The molecule has 94 valence electrons. The molecule has 0 aromatic carbocycles. The standard InChI is InChI=1S/C10H12BrF2N3O/c11-9(14)16-10(15-5-4-12)17-8-3-1-2-7(13)6-8/h2,6H,1,3-5H2,(H2,14,15,16). The molecular weight excluding hydrogens is 296 g/mol. The Morgan fingerprint density at radius 1 is 1.59 bits per heavy atom. The highest BCUT2D eigenvalue weighted by Crippen LogP contribution is 2.19. The van der Waals surface area contributed by atoms with Gasteiger partial charge in [-0.1, -0.05) is 0 Å². The van der Waals surface area contributed by atoms with E-state index >= 15 is 0 Å². The summed E-state index contributed by atoms with van der Waals surface area (Å²) >= 11 is 2.91. The fourth-order valence-electron chi connectivity index (χ4n) is 1.15. The van der Waals surface area contributed by atoms with Crippen LogP contribution in [0.5, 0.6) is 0 Å². The van der Waals surface area contributed by atoms with Gasteiger partial charge < -0.3 is 10.5 Å². The van der Waals surface area contributed by atoms with Crippen LogP contribution in [0, 0.1) is 0 Å². The van der Waals surface area contributed by atoms with Crippen molar-refractivity contribution >= 4 is 26.7 Å². The number of nitrogens with two attached hydrogens (primary N) is 1. The molecule has 1 aliphatic rings. The number of hydrogen-bond donors (Lipinski definition) is 1. The predicted octanol–water partition coefficient (Wildman–Crippen LogP) is 2.57. The van der Waals surface area contributed by atoms with Crippen molar-refractivity contribution < 1.29 is 13.5 Å². The average Bonchev–Trinajstić information content (AvgIpc) is 2.25. The SMILES string of the molecule is NC(Br)=NC(=NCCF)OC1=CC(F)=CCC1. The van der Waals surface area contributed by atoms with Crippen molar-refractivity contribution in [3.8, 4) is 0 Å². The number of nitrogens with zero attached hydrogens (tertiary/aromatic N) is 2. The van der Waals surface area contributed by atoms with Gasteiger partial charge in [0.2, 0.25) is 0 Å². The highest BCUT2D eigenvalue weighted by atomic mass is 79.9. The molecule has 0 saturated heterocycles. The van der Waals surface area contributed by atoms with Gasteiger partial charge in [0.15, 0.2) is 4.74 Å². The van der Waals surface area contributed by atoms with Gasteiger partial charge in [-0.15, -0.1) is 0 Å². The van der Waals surface area contributed by atoms with Crippen molar-refractivity contribution in [2.45, 2.75) is 12.8 Å². The Bertz CT molecular complexity index is 387. The quantitative estimate of drug-likeness (QED) is 0.495. The number of rotatable bonds is 3. The van der Waals surface area contributed by atoms with Crippen LogP contribution >= 0.6 is 15.9 Å². The first-order chi connectivity index (χ1) is 8.11. The minimum Gasteiger partial charge on any atom is -0.429 e. The van der Waals surface area contributed by atoms with Crippen LogP contribution in [0.2, 0.25) is 0 Å². The second kappa shape index (κ2) is 7.16. The summed E-state index contributed by atoms with van der Waals surface area (Å²) in [5.41, 5.74) is 5.30. The van der Waals surface area contributed by atoms with Crippen LogP contribution in [0.1, 0.15) is 12.8 Å². The highest BCUT2D eigenvalue weighted by Gasteiger charge is 2.09. The molecule has 0 aromatic heterocycles. The van der Waals surface area contributed by atoms with Crippen molar-refractivity contribution in [1.29, 1.82) is 0 Å². The van der Waals surface area contributed by atoms with Gasteiger partial charge in [0.1, 0.15) is 18.3 Å². The summed E-state index contributed by atoms with van der Waals surface area (Å²) < 4.78 is 30.2. The third-order valence-electron chi connectivity index (χ3n) is 1.79. The molecule has 0 bridgehead atoms. The summed E-state index contributed by atoms with van der Waals surface area (Å²) in [6.07, 6.45) is 3.78. The maximum absolute atomic E-state index is 12.9. The van der Waals surface area contributed by atoms with Crippen molar-refractivity contribution in [3.05, 3.63) is 23.7 Å². The summed E-state index contributed by atoms with van der Waals surface area (Å²) in [6.45, 7) is -0.706. The fraction of sp³-hybridized carbons (Fsp3) is 0.400. The summed E-state index contributed by atoms with van der Waals surface area (Å²) in [5.74, 6) is 0.0204. The molecule has 0 unspecified atom stereocenters. The first-order valence-electron chi connectivity index (χ1n) is 4.96. The Hall–Kier alpha value is -1.24. The lowest BCUT2D eigenvalue weighted by Gasteiger charge is -2.11. The van der Waals surface area contributed by atoms with E-state index in [1.807, 2.05) is 0 Å². The topological polar surface area (TPSA) is 60.0 Å². The summed E-state index contributed by atoms with van der Waals surface area (Å²) in [5, 5.41) is 0. The van der Waals surface area contributed by atoms with E-state index in [2.05, 4.69) is 25.9 Å². The lowest BCUT2D eigenvalue weighted by atomic mass is 10.1. The predicted molar refractivity (Wildman–Crippen MR) is 66.4 cm³/mol. The number of hydrogen-bond acceptors (Lipinski definition) is 2. The largest absolute Gasteiger partial charge is 0.429 e. The Balaban J connectivity index is 2.73. The van der Waals surface area contributed by atoms with Crippen LogP contribution in [-0.2, 0) is 4.74 Å². The van der Waals surface area contributed by atoms with Crippen molar-refractivity contribution in [2.24, 2.45) is 15.7 Å². The first-order valence-corrected chi connectivity index (χ1v) is 5.75. The van der Waals surface area contributed by atoms with E-state index in [-0.39, 0.29) is 23.1 Å². The molecule has 0 spiro atoms. The molecule has 0 aliphatic heterocycles. The second-order valence-electron chi connectivity index (χ2n) is 3.13. The van der Waals surface area contributed by atoms with Crippen LogP contribution in [0.25, 0.3) is 0 Å². The van der Waals surface area contributed by atoms with Gasteiger partial charge in [-0.2, -0.15) is 4.99 Å². The number of halogens is 3. The minimum absolute atomic E-state index is 0.0579. The molecule has 0 heterocycles. The molecule has 0 atom stereocenters. The van der Waals surface area contributed by atoms with Gasteiger partial charge in [0.25, 0.3) is 0 Å². The fourth-order valence-corrected chi connectivity index (χ4v) is 1.31. The zero-order valence-electron chi connectivity index (χ0n) is 9.00. The van der Waals surface area contributed by atoms with Gasteiger partial charge in [-0.05, 0) is 28.4 Å². The molecule has 17 heavy (non-hydrogen) atoms. The van der Waals surface area contributed by atoms with Crippen LogP contribution in [-0.4, -0.2) is 24.0 Å². The lowest BCUT2D eigenvalue weighted by molar-refractivity contribution is 0.377. The first kappa shape index (κ1) is 13.8. The van der Waals surface area contributed by atoms with E-state index in [1.54, 1.807) is 0 Å². The second-order valence-corrected chi connectivity index (χ2v) is 3.94. The van der Waals surface area contributed by atoms with Crippen LogP contribution in [0.15, 0.2) is 33.7 Å². The van der Waals surface area contributed by atoms with E-state index in [0.29, 0.717) is 18.6 Å². The van der Waals surface area contributed by atoms with E-state index < -0.39 is 6.67 Å². The number of amidine groups is 2. The Labute approximate surface area is 106 Å². The van der Waals surface area contributed by atoms with E-state index in [4.69, 9.17) is 10.5 Å². The summed E-state index contributed by atoms with van der Waals surface area (Å²) in [7, 11) is 0. The Kier molecular flexibility index (Phi) is 5.82. The van der Waals surface area contributed by atoms with Crippen molar-refractivity contribution in [1.82, 2.24) is 0 Å². The monoisotopic (exact) mass is 307 g/mol. The van der Waals surface area contributed by atoms with Crippen LogP contribution in [0.4, 0.5) is 8.78 Å². The van der Waals surface area contributed by atoms with Gasteiger partial charge in [0.05, 0.1) is 6.54 Å². The molecule has 7 heteroatoms. The molecule has 1 aliphatic carbocycles. The molecule has 0 saturated carbocycles. The van der Waals surface area contributed by atoms with Crippen molar-refractivity contribution in [3.63, 3.8) is 0 Å². The summed E-state index contributed by atoms with van der Waals surface area (Å²) in [6, 6.07) is -0.0852. The van der Waals surface area contributed by atoms with E-state index in [9.17, 15) is 8.78 Å². The van der Waals surface area contributed by atoms with Crippen molar-refractivity contribution in [2.75, 3.05) is 13.2 Å². The third kappa shape index (κ3) is 5.58. The molecule has 0 aromatic rings. The maximum Gasteiger partial charge on any atom is 0.319 e. The normalized spacial score (nSPS) is 17.6. The van der Waals surface area contributed by atoms with Crippen LogP contribution in [0.3, 0.4) is 0 Å². The third-order valence-corrected chi connectivity index (χ3v) is 1.96. The lowest BCUT2D eigenvalue weighted by Crippen LogP contribution is -2.11. The van der Waals surface area contributed by atoms with E-state index in [0.717, 1.165) is 0 Å². The van der Waals surface area contributed by atoms with E-state index in [1.165, 1.54) is 12.2 Å². The Morgan fingerprint density at radius 2 is 2.35 bits per heavy atom. The zero-order valence-corrected chi connectivity index (χ0v) is 10.6. The molecule has 0 radical (unpaired) electrons. The smallest absolute Gasteiger partial charge is 0.319 e. The molecule has 4 nitrogen and oxygen atoms in total. The maximum atomic E-state index is 12.9. The molecule has 0 amide bonds. The number of alkyl halides is 1. The van der Waals surface area contributed by atoms with Gasteiger partial charge in [0, 0.05) is 12.5 Å². The molecule has 0 fully saturated rings.